The third kappa shape index (κ3) is 2.52. The molecule has 0 radical (unpaired) electrons. The third-order valence-electron chi connectivity index (χ3n) is 3.19. The Labute approximate surface area is 125 Å². The number of benzene rings is 1. The highest BCUT2D eigenvalue weighted by molar-refractivity contribution is 7.99. The zero-order chi connectivity index (χ0) is 14.8. The average molecular weight is 301 g/mol. The fourth-order valence-corrected chi connectivity index (χ4v) is 3.09. The summed E-state index contributed by atoms with van der Waals surface area (Å²) in [5.41, 5.74) is 6.71. The van der Waals surface area contributed by atoms with Crippen LogP contribution in [0.1, 0.15) is 13.3 Å². The molecular formula is C14H15N5OS. The zero-order valence-electron chi connectivity index (χ0n) is 11.5. The van der Waals surface area contributed by atoms with Crippen LogP contribution in [0, 0.1) is 0 Å². The molecule has 0 amide bonds. The molecule has 6 nitrogen and oxygen atoms in total. The summed E-state index contributed by atoms with van der Waals surface area (Å²) in [5, 5.41) is 9.13. The van der Waals surface area contributed by atoms with Gasteiger partial charge in [-0.25, -0.2) is 9.89 Å². The van der Waals surface area contributed by atoms with Gasteiger partial charge in [0.1, 0.15) is 0 Å². The van der Waals surface area contributed by atoms with E-state index in [0.29, 0.717) is 17.4 Å². The van der Waals surface area contributed by atoms with Gasteiger partial charge in [0.05, 0.1) is 5.69 Å². The van der Waals surface area contributed by atoms with E-state index in [0.717, 1.165) is 22.1 Å². The summed E-state index contributed by atoms with van der Waals surface area (Å²) >= 11 is 1.39. The second-order valence-corrected chi connectivity index (χ2v) is 5.65. The minimum absolute atomic E-state index is 0.192. The maximum Gasteiger partial charge on any atom is 0.343 e. The van der Waals surface area contributed by atoms with Crippen molar-refractivity contribution >= 4 is 28.2 Å². The lowest BCUT2D eigenvalue weighted by molar-refractivity contribution is 0.604. The minimum atomic E-state index is -0.192. The number of pyridine rings is 1. The zero-order valence-corrected chi connectivity index (χ0v) is 12.4. The molecule has 0 spiro atoms. The van der Waals surface area contributed by atoms with Crippen molar-refractivity contribution in [2.24, 2.45) is 0 Å². The Kier molecular flexibility index (Phi) is 3.66. The molecule has 0 saturated heterocycles. The first kappa shape index (κ1) is 13.7. The number of aromatic amines is 1. The first-order valence-corrected chi connectivity index (χ1v) is 7.47. The summed E-state index contributed by atoms with van der Waals surface area (Å²) in [6.07, 6.45) is 4.36. The van der Waals surface area contributed by atoms with Gasteiger partial charge in [-0.1, -0.05) is 13.0 Å². The van der Waals surface area contributed by atoms with Gasteiger partial charge < -0.3 is 5.73 Å². The number of aromatic nitrogens is 4. The maximum atomic E-state index is 11.7. The Hall–Kier alpha value is -2.28. The molecule has 108 valence electrons. The van der Waals surface area contributed by atoms with Crippen molar-refractivity contribution in [1.82, 2.24) is 19.7 Å². The van der Waals surface area contributed by atoms with Gasteiger partial charge in [0, 0.05) is 34.6 Å². The van der Waals surface area contributed by atoms with Gasteiger partial charge in [-0.15, -0.1) is 5.10 Å². The Bertz CT molecular complexity index is 839. The third-order valence-corrected chi connectivity index (χ3v) is 4.26. The second-order valence-electron chi connectivity index (χ2n) is 4.64. The number of nitrogens with two attached hydrogens (primary N) is 1. The lowest BCUT2D eigenvalue weighted by Gasteiger charge is -2.08. The van der Waals surface area contributed by atoms with Gasteiger partial charge in [0.15, 0.2) is 5.16 Å². The van der Waals surface area contributed by atoms with Gasteiger partial charge in [0.25, 0.3) is 0 Å². The first-order chi connectivity index (χ1) is 10.2. The van der Waals surface area contributed by atoms with E-state index in [1.807, 2.05) is 25.1 Å². The molecule has 7 heteroatoms. The largest absolute Gasteiger partial charge is 0.397 e. The lowest BCUT2D eigenvalue weighted by atomic mass is 10.1. The van der Waals surface area contributed by atoms with E-state index in [2.05, 4.69) is 15.2 Å². The van der Waals surface area contributed by atoms with Gasteiger partial charge in [-0.05, 0) is 30.3 Å². The second kappa shape index (κ2) is 5.61. The molecule has 0 aliphatic heterocycles. The molecule has 3 N–H and O–H groups in total. The van der Waals surface area contributed by atoms with Crippen molar-refractivity contribution in [3.8, 4) is 0 Å². The van der Waals surface area contributed by atoms with Crippen molar-refractivity contribution < 1.29 is 0 Å². The number of hydrogen-bond acceptors (Lipinski definition) is 5. The highest BCUT2D eigenvalue weighted by Crippen LogP contribution is 2.34. The number of rotatable bonds is 4. The summed E-state index contributed by atoms with van der Waals surface area (Å²) in [6, 6.07) is 5.79. The summed E-state index contributed by atoms with van der Waals surface area (Å²) in [6.45, 7) is 2.65. The molecule has 0 saturated carbocycles. The van der Waals surface area contributed by atoms with E-state index < -0.39 is 0 Å². The van der Waals surface area contributed by atoms with Crippen LogP contribution >= 0.6 is 11.8 Å². The molecule has 21 heavy (non-hydrogen) atoms. The van der Waals surface area contributed by atoms with Crippen molar-refractivity contribution in [3.05, 3.63) is 41.1 Å². The first-order valence-electron chi connectivity index (χ1n) is 6.66. The van der Waals surface area contributed by atoms with Crippen molar-refractivity contribution in [1.29, 1.82) is 0 Å². The molecule has 3 aromatic rings. The number of anilines is 1. The molecule has 1 aromatic carbocycles. The van der Waals surface area contributed by atoms with Crippen LogP contribution in [0.2, 0.25) is 0 Å². The van der Waals surface area contributed by atoms with Gasteiger partial charge in [0.2, 0.25) is 0 Å². The maximum absolute atomic E-state index is 11.7. The van der Waals surface area contributed by atoms with Gasteiger partial charge >= 0.3 is 5.69 Å². The van der Waals surface area contributed by atoms with E-state index in [9.17, 15) is 4.79 Å². The molecule has 0 atom stereocenters. The Morgan fingerprint density at radius 1 is 1.38 bits per heavy atom. The molecule has 0 unspecified atom stereocenters. The lowest BCUT2D eigenvalue weighted by Crippen LogP contribution is -2.17. The molecule has 0 fully saturated rings. The summed E-state index contributed by atoms with van der Waals surface area (Å²) in [5.74, 6) is 0. The average Bonchev–Trinajstić information content (AvgIpc) is 2.84. The summed E-state index contributed by atoms with van der Waals surface area (Å²) in [7, 11) is 0. The minimum Gasteiger partial charge on any atom is -0.397 e. The molecule has 2 heterocycles. The Morgan fingerprint density at radius 2 is 2.24 bits per heavy atom. The van der Waals surface area contributed by atoms with Crippen molar-refractivity contribution in [3.63, 3.8) is 0 Å². The molecule has 3 rings (SSSR count). The predicted octanol–water partition coefficient (Wildman–Crippen LogP) is 2.26. The molecule has 0 bridgehead atoms. The van der Waals surface area contributed by atoms with E-state index in [1.54, 1.807) is 17.0 Å². The Balaban J connectivity index is 2.02. The number of nitrogens with zero attached hydrogens (tertiary/aromatic N) is 3. The van der Waals surface area contributed by atoms with E-state index >= 15 is 0 Å². The van der Waals surface area contributed by atoms with Crippen LogP contribution in [0.4, 0.5) is 5.69 Å². The quantitative estimate of drug-likeness (QED) is 0.721. The van der Waals surface area contributed by atoms with Crippen molar-refractivity contribution in [2.45, 2.75) is 29.9 Å². The van der Waals surface area contributed by atoms with Gasteiger partial charge in [-0.3, -0.25) is 9.55 Å². The number of nitrogens with one attached hydrogen (secondary N) is 1. The van der Waals surface area contributed by atoms with Crippen LogP contribution in [0.3, 0.4) is 0 Å². The molecule has 0 aliphatic carbocycles. The number of fused-ring (bicyclic) bond motifs is 1. The summed E-state index contributed by atoms with van der Waals surface area (Å²) in [4.78, 5) is 16.7. The number of nitrogen functional groups attached to an aromatic ring is 1. The van der Waals surface area contributed by atoms with Crippen LogP contribution in [0.5, 0.6) is 0 Å². The van der Waals surface area contributed by atoms with E-state index in [4.69, 9.17) is 5.73 Å². The molecular weight excluding hydrogens is 286 g/mol. The van der Waals surface area contributed by atoms with Crippen molar-refractivity contribution in [2.75, 3.05) is 5.73 Å². The molecule has 0 aliphatic rings. The predicted molar refractivity (Wildman–Crippen MR) is 83.4 cm³/mol. The van der Waals surface area contributed by atoms with E-state index in [1.165, 1.54) is 11.8 Å². The summed E-state index contributed by atoms with van der Waals surface area (Å²) < 4.78 is 1.63. The number of H-pyrrole nitrogens is 1. The number of hydrogen-bond donors (Lipinski definition) is 2. The van der Waals surface area contributed by atoms with Crippen LogP contribution in [0.15, 0.2) is 45.4 Å². The Morgan fingerprint density at radius 3 is 3.05 bits per heavy atom. The monoisotopic (exact) mass is 301 g/mol. The SMILES string of the molecule is CCCn1c(Sc2ccc3cnccc3c2N)n[nH]c1=O. The highest BCUT2D eigenvalue weighted by Gasteiger charge is 2.12. The molecule has 2 aromatic heterocycles. The van der Waals surface area contributed by atoms with Crippen LogP contribution in [0.25, 0.3) is 10.8 Å². The van der Waals surface area contributed by atoms with Crippen LogP contribution < -0.4 is 11.4 Å². The standard InChI is InChI=1S/C14H15N5OS/c1-2-7-19-13(20)17-18-14(19)21-11-4-3-9-8-16-6-5-10(9)12(11)15/h3-6,8H,2,7,15H2,1H3,(H,17,20). The normalized spacial score (nSPS) is 11.1. The van der Waals surface area contributed by atoms with Crippen LogP contribution in [-0.4, -0.2) is 19.7 Å². The highest BCUT2D eigenvalue weighted by atomic mass is 32.2. The fraction of sp³-hybridized carbons (Fsp3) is 0.214. The smallest absolute Gasteiger partial charge is 0.343 e. The topological polar surface area (TPSA) is 89.6 Å². The van der Waals surface area contributed by atoms with Crippen LogP contribution in [-0.2, 0) is 6.54 Å². The van der Waals surface area contributed by atoms with E-state index in [-0.39, 0.29) is 5.69 Å². The fourth-order valence-electron chi connectivity index (χ4n) is 2.16. The van der Waals surface area contributed by atoms with Gasteiger partial charge in [-0.2, -0.15) is 0 Å².